The highest BCUT2D eigenvalue weighted by Gasteiger charge is 2.14. The zero-order valence-corrected chi connectivity index (χ0v) is 10.8. The standard InChI is InChI=1S/C10H8N2S.ClHO4/c1-7-6-13-10-11-8-4-2-3-5-9(8)12(7)10;2-1(3,4)5/h2-6H,1H3;(H,2,3,4,5). The number of thiazole rings is 1. The topological polar surface area (TPSA) is 112 Å². The number of aryl methyl sites for hydroxylation is 1. The summed E-state index contributed by atoms with van der Waals surface area (Å²) in [5, 5.41) is 2.16. The van der Waals surface area contributed by atoms with Gasteiger partial charge in [0.25, 0.3) is 0 Å². The molecule has 0 saturated carbocycles. The monoisotopic (exact) mass is 288 g/mol. The number of aromatic nitrogens is 2. The molecule has 0 atom stereocenters. The summed E-state index contributed by atoms with van der Waals surface area (Å²) in [5.41, 5.74) is 3.76. The van der Waals surface area contributed by atoms with Crippen molar-refractivity contribution in [1.82, 2.24) is 4.98 Å². The van der Waals surface area contributed by atoms with E-state index in [9.17, 15) is 0 Å². The van der Waals surface area contributed by atoms with Gasteiger partial charge in [0, 0.05) is 5.38 Å². The molecule has 6 nitrogen and oxygen atoms in total. The first kappa shape index (κ1) is 13.2. The molecule has 0 fully saturated rings. The van der Waals surface area contributed by atoms with Gasteiger partial charge in [-0.3, -0.25) is 0 Å². The highest BCUT2D eigenvalue weighted by molar-refractivity contribution is 7.14. The first-order valence-corrected chi connectivity index (χ1v) is 6.96. The Morgan fingerprint density at radius 1 is 1.17 bits per heavy atom. The van der Waals surface area contributed by atoms with E-state index in [1.165, 1.54) is 21.7 Å². The molecule has 2 aromatic heterocycles. The van der Waals surface area contributed by atoms with Crippen molar-refractivity contribution >= 4 is 27.3 Å². The first-order chi connectivity index (χ1) is 8.36. The van der Waals surface area contributed by atoms with Gasteiger partial charge in [-0.1, -0.05) is 23.5 Å². The number of halogens is 1. The summed E-state index contributed by atoms with van der Waals surface area (Å²) < 4.78 is 36.2. The van der Waals surface area contributed by atoms with Crippen LogP contribution in [0, 0.1) is 17.2 Å². The van der Waals surface area contributed by atoms with E-state index in [1.54, 1.807) is 11.3 Å². The third-order valence-electron chi connectivity index (χ3n) is 2.28. The van der Waals surface area contributed by atoms with Crippen molar-refractivity contribution in [1.29, 1.82) is 0 Å². The van der Waals surface area contributed by atoms with E-state index in [-0.39, 0.29) is 0 Å². The van der Waals surface area contributed by atoms with Crippen molar-refractivity contribution in [3.05, 3.63) is 35.3 Å². The van der Waals surface area contributed by atoms with Gasteiger partial charge in [-0.15, -0.1) is 10.2 Å². The number of fused-ring (bicyclic) bond motifs is 3. The van der Waals surface area contributed by atoms with Crippen LogP contribution in [-0.2, 0) is 0 Å². The summed E-state index contributed by atoms with van der Waals surface area (Å²) in [4.78, 5) is 4.59. The molecule has 0 spiro atoms. The molecule has 8 heteroatoms. The fraction of sp³-hybridized carbons (Fsp3) is 0.100. The lowest BCUT2D eigenvalue weighted by Crippen LogP contribution is -2.68. The molecular weight excluding hydrogens is 280 g/mol. The average Bonchev–Trinajstić information content (AvgIpc) is 2.76. The Bertz CT molecular complexity index is 667. The summed E-state index contributed by atoms with van der Waals surface area (Å²) in [6, 6.07) is 8.37. The minimum Gasteiger partial charge on any atom is -0.227 e. The Hall–Kier alpha value is -1.22. The lowest BCUT2D eigenvalue weighted by Gasteiger charge is -2.17. The fourth-order valence-electron chi connectivity index (χ4n) is 1.68. The highest BCUT2D eigenvalue weighted by atomic mass is 35.7. The van der Waals surface area contributed by atoms with E-state index < -0.39 is 10.2 Å². The number of nitrogens with zero attached hydrogens (tertiary/aromatic N) is 1. The van der Waals surface area contributed by atoms with Gasteiger partial charge in [0.1, 0.15) is 5.69 Å². The van der Waals surface area contributed by atoms with Crippen molar-refractivity contribution in [3.63, 3.8) is 0 Å². The van der Waals surface area contributed by atoms with E-state index in [1.807, 2.05) is 0 Å². The zero-order valence-electron chi connectivity index (χ0n) is 9.25. The summed E-state index contributed by atoms with van der Waals surface area (Å²) in [6.45, 7) is 2.13. The summed E-state index contributed by atoms with van der Waals surface area (Å²) in [7, 11) is -4.94. The Morgan fingerprint density at radius 2 is 1.78 bits per heavy atom. The van der Waals surface area contributed by atoms with Gasteiger partial charge in [-0.2, -0.15) is 4.40 Å². The fourth-order valence-corrected chi connectivity index (χ4v) is 2.59. The van der Waals surface area contributed by atoms with Crippen LogP contribution in [0.3, 0.4) is 0 Å². The van der Waals surface area contributed by atoms with Crippen LogP contribution in [0.5, 0.6) is 0 Å². The van der Waals surface area contributed by atoms with E-state index in [0.717, 1.165) is 0 Å². The third-order valence-corrected chi connectivity index (χ3v) is 3.25. The van der Waals surface area contributed by atoms with Crippen molar-refractivity contribution in [2.75, 3.05) is 0 Å². The lowest BCUT2D eigenvalue weighted by atomic mass is 10.3. The molecule has 1 N–H and O–H groups in total. The number of H-pyrrole nitrogens is 1. The number of para-hydroxylation sites is 2. The van der Waals surface area contributed by atoms with Crippen LogP contribution in [0.2, 0.25) is 0 Å². The maximum Gasteiger partial charge on any atom is 0.344 e. The second-order valence-corrected chi connectivity index (χ2v) is 5.15. The molecule has 0 aliphatic heterocycles. The van der Waals surface area contributed by atoms with E-state index in [0.29, 0.717) is 0 Å². The van der Waals surface area contributed by atoms with Crippen molar-refractivity contribution < 1.29 is 33.3 Å². The summed E-state index contributed by atoms with van der Waals surface area (Å²) in [6.07, 6.45) is 0. The second kappa shape index (κ2) is 4.81. The summed E-state index contributed by atoms with van der Waals surface area (Å²) >= 11 is 1.75. The van der Waals surface area contributed by atoms with E-state index >= 15 is 0 Å². The van der Waals surface area contributed by atoms with Gasteiger partial charge >= 0.3 is 4.96 Å². The third kappa shape index (κ3) is 2.96. The van der Waals surface area contributed by atoms with Crippen LogP contribution >= 0.6 is 11.3 Å². The Balaban J connectivity index is 0.000000209. The number of benzene rings is 1. The van der Waals surface area contributed by atoms with Crippen molar-refractivity contribution in [2.24, 2.45) is 0 Å². The number of imidazole rings is 1. The van der Waals surface area contributed by atoms with Gasteiger partial charge in [-0.05, 0) is 19.1 Å². The molecule has 2 heterocycles. The number of aromatic amines is 1. The molecule has 3 aromatic rings. The molecule has 0 bridgehead atoms. The molecule has 18 heavy (non-hydrogen) atoms. The molecule has 0 unspecified atom stereocenters. The quantitative estimate of drug-likeness (QED) is 0.462. The molecule has 1 aromatic carbocycles. The molecule has 0 radical (unpaired) electrons. The molecule has 96 valence electrons. The van der Waals surface area contributed by atoms with Crippen LogP contribution in [0.15, 0.2) is 29.6 Å². The Labute approximate surface area is 108 Å². The Kier molecular flexibility index (Phi) is 3.53. The van der Waals surface area contributed by atoms with Gasteiger partial charge in [0.15, 0.2) is 11.0 Å². The van der Waals surface area contributed by atoms with Gasteiger partial charge < -0.3 is 0 Å². The molecular formula is C10H9ClN2O4S. The van der Waals surface area contributed by atoms with E-state index in [4.69, 9.17) is 18.6 Å². The van der Waals surface area contributed by atoms with Crippen LogP contribution in [0.25, 0.3) is 16.0 Å². The minimum atomic E-state index is -4.94. The predicted octanol–water partition coefficient (Wildman–Crippen LogP) is -2.48. The molecule has 0 amide bonds. The van der Waals surface area contributed by atoms with Gasteiger partial charge in [-0.25, -0.2) is 23.6 Å². The average molecular weight is 289 g/mol. The van der Waals surface area contributed by atoms with Crippen LogP contribution < -0.4 is 23.0 Å². The normalized spacial score (nSPS) is 11.6. The maximum atomic E-state index is 8.49. The van der Waals surface area contributed by atoms with Gasteiger partial charge in [0.2, 0.25) is 0 Å². The Morgan fingerprint density at radius 3 is 2.44 bits per heavy atom. The second-order valence-electron chi connectivity index (χ2n) is 3.54. The lowest BCUT2D eigenvalue weighted by molar-refractivity contribution is -2.00. The first-order valence-electron chi connectivity index (χ1n) is 4.84. The molecule has 0 aliphatic carbocycles. The van der Waals surface area contributed by atoms with E-state index in [2.05, 4.69) is 46.0 Å². The number of rotatable bonds is 0. The number of nitrogens with one attached hydrogen (secondary N) is 1. The minimum absolute atomic E-state index is 1.21. The van der Waals surface area contributed by atoms with Crippen LogP contribution in [-0.4, -0.2) is 4.98 Å². The maximum absolute atomic E-state index is 8.49. The van der Waals surface area contributed by atoms with Gasteiger partial charge in [0.05, 0.1) is 0 Å². The molecule has 0 aliphatic rings. The van der Waals surface area contributed by atoms with Crippen LogP contribution in [0.1, 0.15) is 5.69 Å². The summed E-state index contributed by atoms with van der Waals surface area (Å²) in [5.74, 6) is 0. The predicted molar refractivity (Wildman–Crippen MR) is 54.1 cm³/mol. The highest BCUT2D eigenvalue weighted by Crippen LogP contribution is 2.15. The zero-order chi connectivity index (χ0) is 13.3. The largest absolute Gasteiger partial charge is 0.344 e. The smallest absolute Gasteiger partial charge is 0.227 e. The molecule has 0 saturated heterocycles. The number of hydrogen-bond acceptors (Lipinski definition) is 5. The van der Waals surface area contributed by atoms with Crippen LogP contribution in [0.4, 0.5) is 0 Å². The number of hydrogen-bond donors (Lipinski definition) is 1. The van der Waals surface area contributed by atoms with Crippen molar-refractivity contribution in [3.8, 4) is 0 Å². The molecule has 3 rings (SSSR count). The van der Waals surface area contributed by atoms with Crippen molar-refractivity contribution in [2.45, 2.75) is 6.92 Å². The SMILES string of the molecule is Cc1csc2[nH]c3ccccc3[n+]12.[O-][Cl+3]([O-])([O-])[O-].